The van der Waals surface area contributed by atoms with E-state index in [2.05, 4.69) is 62.3 Å². The van der Waals surface area contributed by atoms with Gasteiger partial charge in [0.15, 0.2) is 0 Å². The van der Waals surface area contributed by atoms with Crippen LogP contribution in [-0.2, 0) is 9.31 Å². The standard InChI is InChI=1S/C19H25BN2O2S/c1-18(2)19(3,4)24-20(23-18)14-9-7-13(8-10-14)16-12-22-17(25-16)15-6-5-11-21-15/h7-10,12,15,21H,5-6,11H2,1-4H3. The van der Waals surface area contributed by atoms with E-state index >= 15 is 0 Å². The van der Waals surface area contributed by atoms with Gasteiger partial charge in [0.25, 0.3) is 0 Å². The van der Waals surface area contributed by atoms with E-state index in [1.54, 1.807) is 11.3 Å². The highest BCUT2D eigenvalue weighted by Gasteiger charge is 2.51. The van der Waals surface area contributed by atoms with E-state index < -0.39 is 0 Å². The van der Waals surface area contributed by atoms with Crippen LogP contribution in [0.5, 0.6) is 0 Å². The zero-order valence-electron chi connectivity index (χ0n) is 15.3. The minimum absolute atomic E-state index is 0.307. The first kappa shape index (κ1) is 17.2. The minimum Gasteiger partial charge on any atom is -0.399 e. The number of hydrogen-bond donors (Lipinski definition) is 1. The summed E-state index contributed by atoms with van der Waals surface area (Å²) in [6.07, 6.45) is 4.42. The molecule has 132 valence electrons. The molecule has 0 saturated carbocycles. The van der Waals surface area contributed by atoms with Gasteiger partial charge in [0.1, 0.15) is 5.01 Å². The molecular formula is C19H25BN2O2S. The molecule has 4 rings (SSSR count). The molecule has 1 aromatic heterocycles. The summed E-state index contributed by atoms with van der Waals surface area (Å²) in [4.78, 5) is 5.83. The van der Waals surface area contributed by atoms with Crippen LogP contribution in [0.1, 0.15) is 51.6 Å². The summed E-state index contributed by atoms with van der Waals surface area (Å²) in [7, 11) is -0.307. The molecule has 3 heterocycles. The predicted octanol–water partition coefficient (Wildman–Crippen LogP) is 3.53. The molecule has 1 aromatic carbocycles. The summed E-state index contributed by atoms with van der Waals surface area (Å²) in [5, 5.41) is 4.71. The maximum atomic E-state index is 6.13. The van der Waals surface area contributed by atoms with Gasteiger partial charge in [-0.2, -0.15) is 0 Å². The third kappa shape index (κ3) is 3.17. The van der Waals surface area contributed by atoms with Gasteiger partial charge in [-0.15, -0.1) is 11.3 Å². The molecule has 1 unspecified atom stereocenters. The number of rotatable bonds is 3. The summed E-state index contributed by atoms with van der Waals surface area (Å²) in [5.41, 5.74) is 1.64. The Bertz CT molecular complexity index is 735. The fraction of sp³-hybridized carbons (Fsp3) is 0.526. The molecule has 2 aromatic rings. The van der Waals surface area contributed by atoms with Crippen molar-refractivity contribution in [3.8, 4) is 10.4 Å². The molecule has 0 bridgehead atoms. The Labute approximate surface area is 154 Å². The SMILES string of the molecule is CC1(C)OB(c2ccc(-c3cnc(C4CCCN4)s3)cc2)OC1(C)C. The van der Waals surface area contributed by atoms with Gasteiger partial charge < -0.3 is 14.6 Å². The molecule has 4 nitrogen and oxygen atoms in total. The first-order valence-corrected chi connectivity index (χ1v) is 9.82. The van der Waals surface area contributed by atoms with E-state index in [0.717, 1.165) is 12.0 Å². The number of hydrogen-bond acceptors (Lipinski definition) is 5. The lowest BCUT2D eigenvalue weighted by Crippen LogP contribution is -2.41. The van der Waals surface area contributed by atoms with Gasteiger partial charge in [-0.25, -0.2) is 4.98 Å². The summed E-state index contributed by atoms with van der Waals surface area (Å²) < 4.78 is 12.3. The summed E-state index contributed by atoms with van der Waals surface area (Å²) >= 11 is 1.78. The Balaban J connectivity index is 1.51. The van der Waals surface area contributed by atoms with Gasteiger partial charge in [-0.1, -0.05) is 24.3 Å². The molecule has 2 aliphatic heterocycles. The molecule has 0 spiro atoms. The number of nitrogens with zero attached hydrogens (tertiary/aromatic N) is 1. The monoisotopic (exact) mass is 356 g/mol. The van der Waals surface area contributed by atoms with Crippen molar-refractivity contribution in [1.29, 1.82) is 0 Å². The maximum Gasteiger partial charge on any atom is 0.494 e. The van der Waals surface area contributed by atoms with Gasteiger partial charge in [0, 0.05) is 6.20 Å². The molecule has 25 heavy (non-hydrogen) atoms. The summed E-state index contributed by atoms with van der Waals surface area (Å²) in [5.74, 6) is 0. The molecule has 2 aliphatic rings. The van der Waals surface area contributed by atoms with Crippen molar-refractivity contribution in [1.82, 2.24) is 10.3 Å². The zero-order valence-corrected chi connectivity index (χ0v) is 16.2. The number of thiazole rings is 1. The van der Waals surface area contributed by atoms with E-state index in [4.69, 9.17) is 9.31 Å². The number of benzene rings is 1. The van der Waals surface area contributed by atoms with Crippen molar-refractivity contribution in [2.45, 2.75) is 57.8 Å². The lowest BCUT2D eigenvalue weighted by Gasteiger charge is -2.32. The molecule has 0 amide bonds. The Kier molecular flexibility index (Phi) is 4.27. The van der Waals surface area contributed by atoms with Crippen LogP contribution in [0.4, 0.5) is 0 Å². The summed E-state index contributed by atoms with van der Waals surface area (Å²) in [6, 6.07) is 8.91. The third-order valence-corrected chi connectivity index (χ3v) is 6.76. The Morgan fingerprint density at radius 2 is 1.80 bits per heavy atom. The first-order valence-electron chi connectivity index (χ1n) is 9.01. The molecule has 0 radical (unpaired) electrons. The number of aromatic nitrogens is 1. The molecule has 6 heteroatoms. The van der Waals surface area contributed by atoms with Crippen LogP contribution < -0.4 is 10.8 Å². The van der Waals surface area contributed by atoms with Gasteiger partial charge in [0.2, 0.25) is 0 Å². The third-order valence-electron chi connectivity index (χ3n) is 5.60. The largest absolute Gasteiger partial charge is 0.494 e. The van der Waals surface area contributed by atoms with Gasteiger partial charge in [-0.05, 0) is 58.1 Å². The van der Waals surface area contributed by atoms with E-state index in [0.29, 0.717) is 6.04 Å². The molecular weight excluding hydrogens is 331 g/mol. The fourth-order valence-corrected chi connectivity index (χ4v) is 4.29. The Morgan fingerprint density at radius 3 is 2.40 bits per heavy atom. The van der Waals surface area contributed by atoms with Crippen LogP contribution in [-0.4, -0.2) is 29.8 Å². The van der Waals surface area contributed by atoms with Crippen molar-refractivity contribution in [3.05, 3.63) is 35.5 Å². The smallest absolute Gasteiger partial charge is 0.399 e. The Morgan fingerprint density at radius 1 is 1.12 bits per heavy atom. The first-order chi connectivity index (χ1) is 11.9. The second kappa shape index (κ2) is 6.20. The molecule has 2 fully saturated rings. The van der Waals surface area contributed by atoms with Crippen LogP contribution in [0.15, 0.2) is 30.5 Å². The second-order valence-corrected chi connectivity index (χ2v) is 8.98. The predicted molar refractivity (Wildman–Crippen MR) is 103 cm³/mol. The van der Waals surface area contributed by atoms with Crippen LogP contribution in [0.2, 0.25) is 0 Å². The zero-order chi connectivity index (χ0) is 17.7. The highest BCUT2D eigenvalue weighted by atomic mass is 32.1. The van der Waals surface area contributed by atoms with E-state index in [1.807, 2.05) is 6.20 Å². The van der Waals surface area contributed by atoms with E-state index in [-0.39, 0.29) is 18.3 Å². The van der Waals surface area contributed by atoms with Crippen molar-refractivity contribution < 1.29 is 9.31 Å². The van der Waals surface area contributed by atoms with Gasteiger partial charge >= 0.3 is 7.12 Å². The average Bonchev–Trinajstić information content (AvgIpc) is 3.28. The highest BCUT2D eigenvalue weighted by Crippen LogP contribution is 2.37. The lowest BCUT2D eigenvalue weighted by molar-refractivity contribution is 0.00578. The normalized spacial score (nSPS) is 24.8. The lowest BCUT2D eigenvalue weighted by atomic mass is 9.79. The molecule has 1 N–H and O–H groups in total. The van der Waals surface area contributed by atoms with Crippen molar-refractivity contribution in [2.24, 2.45) is 0 Å². The van der Waals surface area contributed by atoms with E-state index in [9.17, 15) is 0 Å². The summed E-state index contributed by atoms with van der Waals surface area (Å²) in [6.45, 7) is 9.42. The topological polar surface area (TPSA) is 43.4 Å². The average molecular weight is 356 g/mol. The van der Waals surface area contributed by atoms with Crippen molar-refractivity contribution in [3.63, 3.8) is 0 Å². The van der Waals surface area contributed by atoms with Crippen LogP contribution in [0.25, 0.3) is 10.4 Å². The number of nitrogens with one attached hydrogen (secondary N) is 1. The minimum atomic E-state index is -0.308. The molecule has 2 saturated heterocycles. The van der Waals surface area contributed by atoms with Crippen molar-refractivity contribution in [2.75, 3.05) is 6.54 Å². The van der Waals surface area contributed by atoms with E-state index in [1.165, 1.54) is 28.3 Å². The van der Waals surface area contributed by atoms with Crippen molar-refractivity contribution >= 4 is 23.9 Å². The van der Waals surface area contributed by atoms with Crippen LogP contribution in [0, 0.1) is 0 Å². The maximum absolute atomic E-state index is 6.13. The molecule has 1 atom stereocenters. The van der Waals surface area contributed by atoms with Gasteiger partial charge in [0.05, 0.1) is 22.1 Å². The fourth-order valence-electron chi connectivity index (χ4n) is 3.26. The Hall–Kier alpha value is -1.21. The molecule has 0 aliphatic carbocycles. The van der Waals surface area contributed by atoms with Gasteiger partial charge in [-0.3, -0.25) is 0 Å². The second-order valence-electron chi connectivity index (χ2n) is 7.92. The van der Waals surface area contributed by atoms with Crippen LogP contribution >= 0.6 is 11.3 Å². The van der Waals surface area contributed by atoms with Crippen LogP contribution in [0.3, 0.4) is 0 Å². The quantitative estimate of drug-likeness (QED) is 0.855. The highest BCUT2D eigenvalue weighted by molar-refractivity contribution is 7.15.